The Balaban J connectivity index is 1.13. The van der Waals surface area contributed by atoms with Crippen molar-refractivity contribution >= 4 is 0 Å². The van der Waals surface area contributed by atoms with Gasteiger partial charge >= 0.3 is 0 Å². The van der Waals surface area contributed by atoms with E-state index in [1.54, 1.807) is 12.4 Å². The van der Waals surface area contributed by atoms with Crippen LogP contribution in [0.3, 0.4) is 0 Å². The van der Waals surface area contributed by atoms with Crippen molar-refractivity contribution in [1.29, 1.82) is 0 Å². The average Bonchev–Trinajstić information content (AvgIpc) is 3.38. The Bertz CT molecular complexity index is 963. The van der Waals surface area contributed by atoms with Gasteiger partial charge in [0, 0.05) is 24.6 Å². The molecule has 0 radical (unpaired) electrons. The van der Waals surface area contributed by atoms with Crippen molar-refractivity contribution in [1.82, 2.24) is 14.5 Å². The van der Waals surface area contributed by atoms with Crippen LogP contribution < -0.4 is 0 Å². The minimum Gasteiger partial charge on any atom is -0.393 e. The molecule has 2 aliphatic rings. The number of ether oxygens (including phenoxy) is 1. The first-order valence-electron chi connectivity index (χ1n) is 11.1. The summed E-state index contributed by atoms with van der Waals surface area (Å²) in [6.07, 6.45) is 12.4. The van der Waals surface area contributed by atoms with E-state index >= 15 is 0 Å². The smallest absolute Gasteiger partial charge is 0.0956 e. The van der Waals surface area contributed by atoms with Crippen molar-refractivity contribution in [2.45, 2.75) is 50.9 Å². The van der Waals surface area contributed by atoms with E-state index in [1.807, 2.05) is 24.7 Å². The molecule has 3 aromatic rings. The minimum absolute atomic E-state index is 0.190. The first-order chi connectivity index (χ1) is 14.8. The molecule has 1 aliphatic carbocycles. The van der Waals surface area contributed by atoms with Gasteiger partial charge in [0.05, 0.1) is 37.0 Å². The van der Waals surface area contributed by atoms with Gasteiger partial charge in [-0.3, -0.25) is 4.98 Å². The zero-order valence-electron chi connectivity index (χ0n) is 17.2. The second-order valence-electron chi connectivity index (χ2n) is 8.74. The zero-order valence-corrected chi connectivity index (χ0v) is 17.2. The molecular formula is C25H29N3O2. The molecule has 30 heavy (non-hydrogen) atoms. The number of benzene rings is 1. The van der Waals surface area contributed by atoms with Crippen LogP contribution in [-0.4, -0.2) is 32.4 Å². The van der Waals surface area contributed by atoms with E-state index in [2.05, 4.69) is 38.8 Å². The molecule has 0 amide bonds. The molecule has 2 atom stereocenters. The predicted molar refractivity (Wildman–Crippen MR) is 116 cm³/mol. The Labute approximate surface area is 177 Å². The lowest BCUT2D eigenvalue weighted by Gasteiger charge is -2.32. The van der Waals surface area contributed by atoms with Gasteiger partial charge in [-0.1, -0.05) is 24.3 Å². The van der Waals surface area contributed by atoms with Gasteiger partial charge in [-0.25, -0.2) is 4.98 Å². The summed E-state index contributed by atoms with van der Waals surface area (Å²) < 4.78 is 8.16. The third-order valence-electron chi connectivity index (χ3n) is 6.87. The molecule has 2 unspecified atom stereocenters. The Morgan fingerprint density at radius 3 is 2.67 bits per heavy atom. The normalized spacial score (nSPS) is 23.7. The van der Waals surface area contributed by atoms with Crippen molar-refractivity contribution in [2.75, 3.05) is 6.61 Å². The number of hydrogen-bond acceptors (Lipinski definition) is 4. The van der Waals surface area contributed by atoms with Crippen molar-refractivity contribution in [2.24, 2.45) is 11.8 Å². The van der Waals surface area contributed by atoms with Gasteiger partial charge in [-0.05, 0) is 67.2 Å². The number of nitrogens with zero attached hydrogens (tertiary/aromatic N) is 3. The van der Waals surface area contributed by atoms with Gasteiger partial charge in [0.2, 0.25) is 0 Å². The Hall–Kier alpha value is -2.50. The molecule has 156 valence electrons. The van der Waals surface area contributed by atoms with Crippen LogP contribution in [0, 0.1) is 11.8 Å². The molecule has 1 N–H and O–H groups in total. The number of hydrogen-bond donors (Lipinski definition) is 1. The van der Waals surface area contributed by atoms with Gasteiger partial charge in [0.15, 0.2) is 0 Å². The summed E-state index contributed by atoms with van der Waals surface area (Å²) >= 11 is 0. The summed E-state index contributed by atoms with van der Waals surface area (Å²) in [5.74, 6) is 0.976. The highest BCUT2D eigenvalue weighted by molar-refractivity contribution is 5.68. The standard InChI is InChI=1S/C25H29N3O2/c29-25(13-23-21-3-1-2-4-22(21)24-14-27-17-28(23)24)20-7-5-18(6-8-20)15-30-16-19-9-11-26-12-10-19/h1-4,9-12,14,17-18,20,23,25,29H,5-8,13,15-16H2. The second-order valence-corrected chi connectivity index (χ2v) is 8.74. The summed E-state index contributed by atoms with van der Waals surface area (Å²) in [6, 6.07) is 12.7. The fraction of sp³-hybridized carbons (Fsp3) is 0.440. The number of aromatic nitrogens is 3. The average molecular weight is 404 g/mol. The van der Waals surface area contributed by atoms with Crippen LogP contribution >= 0.6 is 0 Å². The zero-order chi connectivity index (χ0) is 20.3. The maximum Gasteiger partial charge on any atom is 0.0956 e. The molecule has 0 bridgehead atoms. The monoisotopic (exact) mass is 403 g/mol. The Morgan fingerprint density at radius 2 is 1.83 bits per heavy atom. The van der Waals surface area contributed by atoms with Gasteiger partial charge in [0.25, 0.3) is 0 Å². The fourth-order valence-corrected chi connectivity index (χ4v) is 5.16. The van der Waals surface area contributed by atoms with Gasteiger partial charge in [0.1, 0.15) is 0 Å². The van der Waals surface area contributed by atoms with Crippen LogP contribution in [0.5, 0.6) is 0 Å². The first-order valence-corrected chi connectivity index (χ1v) is 11.1. The molecule has 0 saturated heterocycles. The number of aliphatic hydroxyl groups excluding tert-OH is 1. The topological polar surface area (TPSA) is 60.2 Å². The number of pyridine rings is 1. The van der Waals surface area contributed by atoms with Crippen molar-refractivity contribution in [3.8, 4) is 11.3 Å². The van der Waals surface area contributed by atoms with E-state index in [4.69, 9.17) is 4.74 Å². The molecular weight excluding hydrogens is 374 g/mol. The quantitative estimate of drug-likeness (QED) is 0.625. The fourth-order valence-electron chi connectivity index (χ4n) is 5.16. The van der Waals surface area contributed by atoms with E-state index in [-0.39, 0.29) is 12.1 Å². The molecule has 1 fully saturated rings. The largest absolute Gasteiger partial charge is 0.393 e. The molecule has 3 heterocycles. The third-order valence-corrected chi connectivity index (χ3v) is 6.87. The van der Waals surface area contributed by atoms with Gasteiger partial charge in [-0.2, -0.15) is 0 Å². The molecule has 5 nitrogen and oxygen atoms in total. The minimum atomic E-state index is -0.282. The molecule has 0 spiro atoms. The molecule has 1 aliphatic heterocycles. The highest BCUT2D eigenvalue weighted by Crippen LogP contribution is 2.43. The third kappa shape index (κ3) is 3.92. The highest BCUT2D eigenvalue weighted by atomic mass is 16.5. The Morgan fingerprint density at radius 1 is 1.03 bits per heavy atom. The van der Waals surface area contributed by atoms with E-state index in [9.17, 15) is 5.11 Å². The Kier molecular flexibility index (Phi) is 5.65. The van der Waals surface area contributed by atoms with Crippen LogP contribution in [0.1, 0.15) is 49.3 Å². The van der Waals surface area contributed by atoms with Crippen molar-refractivity contribution in [3.63, 3.8) is 0 Å². The second kappa shape index (κ2) is 8.70. The summed E-state index contributed by atoms with van der Waals surface area (Å²) in [5, 5.41) is 11.1. The lowest BCUT2D eigenvalue weighted by molar-refractivity contribution is 0.0306. The van der Waals surface area contributed by atoms with E-state index in [1.165, 1.54) is 16.7 Å². The lowest BCUT2D eigenvalue weighted by atomic mass is 9.78. The van der Waals surface area contributed by atoms with Crippen LogP contribution in [0.2, 0.25) is 0 Å². The molecule has 2 aromatic heterocycles. The van der Waals surface area contributed by atoms with Crippen LogP contribution in [0.4, 0.5) is 0 Å². The highest BCUT2D eigenvalue weighted by Gasteiger charge is 2.33. The number of fused-ring (bicyclic) bond motifs is 3. The number of rotatable bonds is 7. The van der Waals surface area contributed by atoms with Crippen LogP contribution in [0.15, 0.2) is 61.3 Å². The predicted octanol–water partition coefficient (Wildman–Crippen LogP) is 4.62. The summed E-state index contributed by atoms with van der Waals surface area (Å²) in [7, 11) is 0. The maximum absolute atomic E-state index is 11.1. The van der Waals surface area contributed by atoms with Crippen LogP contribution in [0.25, 0.3) is 11.3 Å². The summed E-state index contributed by atoms with van der Waals surface area (Å²) in [4.78, 5) is 8.38. The molecule has 1 saturated carbocycles. The molecule has 1 aromatic carbocycles. The van der Waals surface area contributed by atoms with Crippen LogP contribution in [-0.2, 0) is 11.3 Å². The first kappa shape index (κ1) is 19.5. The summed E-state index contributed by atoms with van der Waals surface area (Å²) in [5.41, 5.74) is 4.90. The SMILES string of the molecule is OC(CC1c2ccccc2-c2cncn21)C1CCC(COCc2ccncc2)CC1. The maximum atomic E-state index is 11.1. The van der Waals surface area contributed by atoms with E-state index < -0.39 is 0 Å². The van der Waals surface area contributed by atoms with Crippen molar-refractivity contribution < 1.29 is 9.84 Å². The number of aliphatic hydroxyl groups is 1. The van der Waals surface area contributed by atoms with Crippen molar-refractivity contribution in [3.05, 3.63) is 72.4 Å². The van der Waals surface area contributed by atoms with Gasteiger partial charge in [-0.15, -0.1) is 0 Å². The molecule has 5 rings (SSSR count). The van der Waals surface area contributed by atoms with Gasteiger partial charge < -0.3 is 14.4 Å². The van der Waals surface area contributed by atoms with E-state index in [0.29, 0.717) is 18.4 Å². The molecule has 5 heteroatoms. The lowest BCUT2D eigenvalue weighted by Crippen LogP contribution is -2.29. The summed E-state index contributed by atoms with van der Waals surface area (Å²) in [6.45, 7) is 1.46. The van der Waals surface area contributed by atoms with E-state index in [0.717, 1.165) is 44.4 Å². The number of imidazole rings is 1.